The maximum Gasteiger partial charge on any atom is 0.411 e. The van der Waals surface area contributed by atoms with Gasteiger partial charge in [0.05, 0.1) is 5.83 Å². The summed E-state index contributed by atoms with van der Waals surface area (Å²) in [5.41, 5.74) is 0. The summed E-state index contributed by atoms with van der Waals surface area (Å²) in [7, 11) is 0. The van der Waals surface area contributed by atoms with Crippen LogP contribution >= 0.6 is 24.0 Å². The van der Waals surface area contributed by atoms with Crippen LogP contribution in [0.1, 0.15) is 0 Å². The van der Waals surface area contributed by atoms with Crippen molar-refractivity contribution in [2.45, 2.75) is 6.18 Å². The molecule has 0 bridgehead atoms. The number of alkyl halides is 3. The monoisotopic (exact) mass is 323 g/mol. The molecule has 0 unspecified atom stereocenters. The second kappa shape index (κ2) is 6.45. The van der Waals surface area contributed by atoms with Crippen LogP contribution < -0.4 is 0 Å². The molecule has 0 saturated carbocycles. The molecule has 0 spiro atoms. The van der Waals surface area contributed by atoms with Gasteiger partial charge in [-0.05, 0) is 0 Å². The first-order valence-electron chi connectivity index (χ1n) is 1.44. The van der Waals surface area contributed by atoms with Crippen LogP contribution in [0.15, 0.2) is 5.83 Å². The summed E-state index contributed by atoms with van der Waals surface area (Å²) in [5.74, 6) is -2.84. The Morgan fingerprint density at radius 3 is 1.50 bits per heavy atom. The minimum atomic E-state index is -5.23. The van der Waals surface area contributed by atoms with Crippen molar-refractivity contribution in [2.75, 3.05) is 0 Å². The van der Waals surface area contributed by atoms with E-state index in [1.54, 1.807) is 0 Å². The summed E-state index contributed by atoms with van der Waals surface area (Å²) in [4.78, 5) is 0. The Morgan fingerprint density at radius 2 is 1.50 bits per heavy atom. The Bertz CT molecular complexity index is 108. The van der Waals surface area contributed by atoms with Crippen molar-refractivity contribution in [3.05, 3.63) is 12.2 Å². The van der Waals surface area contributed by atoms with Crippen molar-refractivity contribution in [1.82, 2.24) is 0 Å². The smallest absolute Gasteiger partial charge is 0.411 e. The Morgan fingerprint density at radius 1 is 1.20 bits per heavy atom. The van der Waals surface area contributed by atoms with Gasteiger partial charge in [0, 0.05) is 19.5 Å². The molecule has 0 fully saturated rings. The number of hydrogen-bond donors (Lipinski definition) is 0. The van der Waals surface area contributed by atoms with E-state index in [0.717, 1.165) is 0 Å². The Hall–Kier alpha value is 0.743. The van der Waals surface area contributed by atoms with E-state index in [1.807, 2.05) is 0 Å². The van der Waals surface area contributed by atoms with Crippen LogP contribution in [-0.2, 0) is 19.5 Å². The molecule has 0 radical (unpaired) electrons. The summed E-state index contributed by atoms with van der Waals surface area (Å²) >= 11 is 0. The SMILES string of the molecule is F[C-]=C(F)C(F)(F)F.I.[Zn]. The first-order valence-corrected chi connectivity index (χ1v) is 1.44. The minimum absolute atomic E-state index is 0. The summed E-state index contributed by atoms with van der Waals surface area (Å²) in [6.07, 6.45) is -5.40. The van der Waals surface area contributed by atoms with Crippen molar-refractivity contribution in [2.24, 2.45) is 0 Å². The molecule has 0 atom stereocenters. The van der Waals surface area contributed by atoms with Gasteiger partial charge in [0.2, 0.25) is 0 Å². The Labute approximate surface area is 83.6 Å². The van der Waals surface area contributed by atoms with Gasteiger partial charge in [-0.15, -0.1) is 24.0 Å². The van der Waals surface area contributed by atoms with Crippen molar-refractivity contribution < 1.29 is 41.4 Å². The Balaban J connectivity index is -0.000000245. The summed E-state index contributed by atoms with van der Waals surface area (Å²) in [5, 5.41) is 0. The van der Waals surface area contributed by atoms with Gasteiger partial charge in [0.1, 0.15) is 0 Å². The molecule has 10 heavy (non-hydrogen) atoms. The molecule has 0 rings (SSSR count). The second-order valence-electron chi connectivity index (χ2n) is 0.906. The van der Waals surface area contributed by atoms with E-state index in [-0.39, 0.29) is 49.8 Å². The molecule has 0 N–H and O–H groups in total. The van der Waals surface area contributed by atoms with Crippen molar-refractivity contribution in [1.29, 1.82) is 0 Å². The third-order valence-corrected chi connectivity index (χ3v) is 0.332. The maximum absolute atomic E-state index is 10.9. The van der Waals surface area contributed by atoms with Gasteiger partial charge < -0.3 is 4.39 Å². The Kier molecular flexibility index (Phi) is 11.0. The largest absolute Gasteiger partial charge is 0.455 e. The van der Waals surface area contributed by atoms with E-state index >= 15 is 0 Å². The molecule has 0 aromatic carbocycles. The molecule has 0 nitrogen and oxygen atoms in total. The fourth-order valence-corrected chi connectivity index (χ4v) is 0.0536. The van der Waals surface area contributed by atoms with Crippen molar-refractivity contribution in [3.63, 3.8) is 0 Å². The molecular formula is C3HF5IZn-. The molecule has 0 aliphatic heterocycles. The third kappa shape index (κ3) is 6.86. The number of hydrogen-bond acceptors (Lipinski definition) is 0. The summed E-state index contributed by atoms with van der Waals surface area (Å²) in [6.45, 7) is 0. The molecule has 0 aromatic rings. The molecule has 0 heterocycles. The van der Waals surface area contributed by atoms with Crippen molar-refractivity contribution in [3.8, 4) is 0 Å². The van der Waals surface area contributed by atoms with E-state index < -0.39 is 12.0 Å². The molecule has 0 aromatic heterocycles. The van der Waals surface area contributed by atoms with Gasteiger partial charge in [-0.1, -0.05) is 0 Å². The number of allylic oxidation sites excluding steroid dienone is 1. The quantitative estimate of drug-likeness (QED) is 0.278. The van der Waals surface area contributed by atoms with Gasteiger partial charge in [-0.25, -0.2) is 4.39 Å². The predicted molar refractivity (Wildman–Crippen MR) is 30.4 cm³/mol. The molecular weight excluding hydrogens is 323 g/mol. The summed E-state index contributed by atoms with van der Waals surface area (Å²) < 4.78 is 53.6. The minimum Gasteiger partial charge on any atom is -0.455 e. The van der Waals surface area contributed by atoms with Crippen LogP contribution in [0.2, 0.25) is 0 Å². The molecule has 7 heteroatoms. The fourth-order valence-electron chi connectivity index (χ4n) is 0.0536. The zero-order valence-corrected chi connectivity index (χ0v) is 9.80. The van der Waals surface area contributed by atoms with Crippen LogP contribution in [0.25, 0.3) is 0 Å². The average molecular weight is 324 g/mol. The van der Waals surface area contributed by atoms with E-state index in [0.29, 0.717) is 0 Å². The number of halogens is 6. The summed E-state index contributed by atoms with van der Waals surface area (Å²) in [6, 6.07) is 0. The van der Waals surface area contributed by atoms with Crippen LogP contribution in [0.3, 0.4) is 0 Å². The molecule has 58 valence electrons. The van der Waals surface area contributed by atoms with Crippen LogP contribution in [0.5, 0.6) is 0 Å². The van der Waals surface area contributed by atoms with E-state index in [9.17, 15) is 22.0 Å². The number of rotatable bonds is 0. The molecule has 0 saturated heterocycles. The first kappa shape index (κ1) is 17.0. The predicted octanol–water partition coefficient (Wildman–Crippen LogP) is 2.75. The molecule has 0 aliphatic rings. The van der Waals surface area contributed by atoms with Crippen LogP contribution in [0.4, 0.5) is 22.0 Å². The van der Waals surface area contributed by atoms with Gasteiger partial charge in [0.25, 0.3) is 0 Å². The average Bonchev–Trinajstić information content (AvgIpc) is 1.62. The van der Waals surface area contributed by atoms with Gasteiger partial charge in [-0.2, -0.15) is 13.2 Å². The first-order chi connectivity index (χ1) is 3.48. The zero-order valence-electron chi connectivity index (χ0n) is 4.51. The van der Waals surface area contributed by atoms with Crippen LogP contribution in [0, 0.1) is 6.33 Å². The van der Waals surface area contributed by atoms with Crippen LogP contribution in [-0.4, -0.2) is 6.18 Å². The van der Waals surface area contributed by atoms with E-state index in [1.165, 1.54) is 0 Å². The third-order valence-electron chi connectivity index (χ3n) is 0.332. The van der Waals surface area contributed by atoms with Crippen molar-refractivity contribution >= 4 is 24.0 Å². The van der Waals surface area contributed by atoms with Gasteiger partial charge >= 0.3 is 6.18 Å². The maximum atomic E-state index is 10.9. The second-order valence-corrected chi connectivity index (χ2v) is 0.906. The molecule has 0 amide bonds. The van der Waals surface area contributed by atoms with E-state index in [2.05, 4.69) is 0 Å². The zero-order chi connectivity index (χ0) is 6.78. The topological polar surface area (TPSA) is 0 Å². The molecule has 0 aliphatic carbocycles. The fraction of sp³-hybridized carbons (Fsp3) is 0.333. The van der Waals surface area contributed by atoms with E-state index in [4.69, 9.17) is 0 Å². The normalized spacial score (nSPS) is 11.5. The van der Waals surface area contributed by atoms with Gasteiger partial charge in [-0.3, -0.25) is 6.33 Å². The van der Waals surface area contributed by atoms with Gasteiger partial charge in [0.15, 0.2) is 0 Å². The standard InChI is InChI=1S/C3F5.HI.Zn/c4-1-2(5)3(6,7)8;;/h;1H;/q-1;;.